The Morgan fingerprint density at radius 3 is 1.91 bits per heavy atom. The van der Waals surface area contributed by atoms with Crippen LogP contribution in [0, 0.1) is 15.3 Å². The summed E-state index contributed by atoms with van der Waals surface area (Å²) in [5, 5.41) is 18.4. The second-order valence-corrected chi connectivity index (χ2v) is 13.4. The molecule has 1 aliphatic heterocycles. The maximum Gasteiger partial charge on any atom is 0.333 e. The highest BCUT2D eigenvalue weighted by Gasteiger charge is 2.32. The van der Waals surface area contributed by atoms with Crippen LogP contribution in [0.2, 0.25) is 0 Å². The molecule has 0 bridgehead atoms. The number of hydroxylamine groups is 2. The van der Waals surface area contributed by atoms with Gasteiger partial charge in [0.2, 0.25) is 16.9 Å². The molecule has 0 aliphatic carbocycles. The van der Waals surface area contributed by atoms with E-state index in [0.717, 1.165) is 105 Å². The largest absolute Gasteiger partial charge is 0.494 e. The molecular weight excluding hydrogens is 682 g/mol. The van der Waals surface area contributed by atoms with Gasteiger partial charge in [-0.3, -0.25) is 14.4 Å². The van der Waals surface area contributed by atoms with Gasteiger partial charge >= 0.3 is 5.97 Å². The van der Waals surface area contributed by atoms with Crippen LogP contribution in [0.3, 0.4) is 0 Å². The van der Waals surface area contributed by atoms with Crippen LogP contribution in [0.4, 0.5) is 0 Å². The summed E-state index contributed by atoms with van der Waals surface area (Å²) in [6.45, 7) is 1.71. The lowest BCUT2D eigenvalue weighted by Gasteiger charge is -2.12. The molecule has 290 valence electrons. The number of carbonyl (C=O) groups is 4. The third kappa shape index (κ3) is 15.7. The van der Waals surface area contributed by atoms with Gasteiger partial charge in [-0.05, 0) is 37.8 Å². The van der Waals surface area contributed by atoms with E-state index in [0.29, 0.717) is 17.9 Å². The SMILES string of the molecule is COc1cccc2c1nc1ccccc1[n+]2CCCCCCCCCCC(=O)NCCCCCCCCCCC(=O)ON1C(=O)CCC1=O.O=[N+]([O-])[O-]. The number of hydrogen-bond donors (Lipinski definition) is 1. The smallest absolute Gasteiger partial charge is 0.333 e. The van der Waals surface area contributed by atoms with E-state index in [9.17, 15) is 19.2 Å². The predicted molar refractivity (Wildman–Crippen MR) is 200 cm³/mol. The van der Waals surface area contributed by atoms with Crippen LogP contribution in [-0.4, -0.2) is 52.5 Å². The predicted octanol–water partition coefficient (Wildman–Crippen LogP) is 7.19. The molecule has 53 heavy (non-hydrogen) atoms. The lowest BCUT2D eigenvalue weighted by molar-refractivity contribution is -0.646. The highest BCUT2D eigenvalue weighted by Crippen LogP contribution is 2.24. The molecule has 14 nitrogen and oxygen atoms in total. The fourth-order valence-electron chi connectivity index (χ4n) is 6.48. The van der Waals surface area contributed by atoms with Gasteiger partial charge in [0, 0.05) is 50.8 Å². The molecule has 0 radical (unpaired) electrons. The number of fused-ring (bicyclic) bond motifs is 2. The number of methoxy groups -OCH3 is 1. The van der Waals surface area contributed by atoms with Crippen LogP contribution in [0.25, 0.3) is 22.1 Å². The maximum atomic E-state index is 12.2. The van der Waals surface area contributed by atoms with Gasteiger partial charge in [0.25, 0.3) is 11.8 Å². The number of aryl methyl sites for hydroxylation is 1. The van der Waals surface area contributed by atoms with Crippen LogP contribution < -0.4 is 14.6 Å². The van der Waals surface area contributed by atoms with Crippen LogP contribution in [0.1, 0.15) is 128 Å². The van der Waals surface area contributed by atoms with E-state index < -0.39 is 22.9 Å². The molecular formula is C39H55N5O9. The zero-order valence-electron chi connectivity index (χ0n) is 31.1. The van der Waals surface area contributed by atoms with Crippen molar-refractivity contribution >= 4 is 45.8 Å². The number of nitrogens with zero attached hydrogens (tertiary/aromatic N) is 4. The van der Waals surface area contributed by atoms with E-state index in [2.05, 4.69) is 34.1 Å². The quantitative estimate of drug-likeness (QED) is 0.0246. The average molecular weight is 738 g/mol. The number of rotatable bonds is 24. The molecule has 2 heterocycles. The Bertz CT molecular complexity index is 1610. The van der Waals surface area contributed by atoms with Crippen molar-refractivity contribution in [3.63, 3.8) is 0 Å². The zero-order valence-corrected chi connectivity index (χ0v) is 31.1. The number of para-hydroxylation sites is 3. The molecule has 1 aromatic heterocycles. The molecule has 0 spiro atoms. The van der Waals surface area contributed by atoms with Crippen LogP contribution in [0.15, 0.2) is 42.5 Å². The van der Waals surface area contributed by atoms with E-state index in [1.165, 1.54) is 32.1 Å². The van der Waals surface area contributed by atoms with E-state index >= 15 is 0 Å². The number of aromatic nitrogens is 2. The first-order chi connectivity index (χ1) is 25.7. The first-order valence-corrected chi connectivity index (χ1v) is 19.1. The average Bonchev–Trinajstić information content (AvgIpc) is 3.45. The van der Waals surface area contributed by atoms with Crippen molar-refractivity contribution in [2.45, 2.75) is 135 Å². The maximum absolute atomic E-state index is 12.2. The van der Waals surface area contributed by atoms with Gasteiger partial charge in [-0.1, -0.05) is 88.8 Å². The molecule has 1 fully saturated rings. The number of unbranched alkanes of at least 4 members (excludes halogenated alkanes) is 14. The Morgan fingerprint density at radius 1 is 0.755 bits per heavy atom. The van der Waals surface area contributed by atoms with Gasteiger partial charge in [-0.15, -0.1) is 5.06 Å². The topological polar surface area (TPSA) is 185 Å². The van der Waals surface area contributed by atoms with Gasteiger partial charge in [0.1, 0.15) is 12.1 Å². The summed E-state index contributed by atoms with van der Waals surface area (Å²) in [5.74, 6) is -0.421. The molecule has 14 heteroatoms. The van der Waals surface area contributed by atoms with Crippen molar-refractivity contribution in [1.82, 2.24) is 15.4 Å². The third-order valence-electron chi connectivity index (χ3n) is 9.26. The van der Waals surface area contributed by atoms with Gasteiger partial charge in [0.15, 0.2) is 11.3 Å². The fraction of sp³-hybridized carbons (Fsp3) is 0.590. The first-order valence-electron chi connectivity index (χ1n) is 19.1. The summed E-state index contributed by atoms with van der Waals surface area (Å²) < 4.78 is 7.97. The standard InChI is InChI=1S/C39H54N4O6.NO3/c1-48-34-24-20-23-33-39(34)41-31-21-16-17-22-32(31)42(33)30-19-13-9-5-3-6-10-14-25-35(44)40-29-18-12-8-4-2-7-11-15-26-38(47)49-43-36(45)27-28-37(43)46;2-1(3)4/h16-17,20-24H,2-15,18-19,25-30H2,1H3;/q;-1/p+1. The van der Waals surface area contributed by atoms with E-state index in [1.807, 2.05) is 18.2 Å². The third-order valence-corrected chi connectivity index (χ3v) is 9.26. The van der Waals surface area contributed by atoms with Crippen LogP contribution in [-0.2, 0) is 30.6 Å². The lowest BCUT2D eigenvalue weighted by atomic mass is 10.1. The van der Waals surface area contributed by atoms with Gasteiger partial charge in [-0.25, -0.2) is 9.78 Å². The van der Waals surface area contributed by atoms with Crippen molar-refractivity contribution in [1.29, 1.82) is 0 Å². The lowest BCUT2D eigenvalue weighted by Crippen LogP contribution is -2.36. The second-order valence-electron chi connectivity index (χ2n) is 13.4. The number of benzene rings is 2. The van der Waals surface area contributed by atoms with Gasteiger partial charge in [-0.2, -0.15) is 4.57 Å². The highest BCUT2D eigenvalue weighted by molar-refractivity contribution is 6.01. The minimum Gasteiger partial charge on any atom is -0.494 e. The minimum atomic E-state index is -1.75. The van der Waals surface area contributed by atoms with Crippen LogP contribution >= 0.6 is 0 Å². The normalized spacial score (nSPS) is 12.5. The van der Waals surface area contributed by atoms with Crippen LogP contribution in [0.5, 0.6) is 5.75 Å². The molecule has 1 N–H and O–H groups in total. The molecule has 4 rings (SSSR count). The fourth-order valence-corrected chi connectivity index (χ4v) is 6.48. The summed E-state index contributed by atoms with van der Waals surface area (Å²) >= 11 is 0. The Balaban J connectivity index is 0.00000180. The molecule has 0 atom stereocenters. The molecule has 2 aromatic carbocycles. The van der Waals surface area contributed by atoms with E-state index in [-0.39, 0.29) is 25.2 Å². The first kappa shape index (κ1) is 42.5. The van der Waals surface area contributed by atoms with Crippen molar-refractivity contribution in [2.75, 3.05) is 13.7 Å². The second kappa shape index (κ2) is 24.4. The van der Waals surface area contributed by atoms with Gasteiger partial charge in [0.05, 0.1) is 12.2 Å². The molecule has 0 unspecified atom stereocenters. The van der Waals surface area contributed by atoms with Crippen molar-refractivity contribution in [2.24, 2.45) is 0 Å². The highest BCUT2D eigenvalue weighted by atomic mass is 16.9. The van der Waals surface area contributed by atoms with Gasteiger partial charge < -0.3 is 30.2 Å². The summed E-state index contributed by atoms with van der Waals surface area (Å²) in [4.78, 5) is 65.0. The number of ether oxygens (including phenoxy) is 1. The summed E-state index contributed by atoms with van der Waals surface area (Å²) in [6.07, 6.45) is 18.5. The Morgan fingerprint density at radius 2 is 1.28 bits per heavy atom. The number of carbonyl (C=O) groups excluding carboxylic acids is 4. The number of imide groups is 1. The molecule has 3 aromatic rings. The van der Waals surface area contributed by atoms with Crippen molar-refractivity contribution in [3.8, 4) is 5.75 Å². The van der Waals surface area contributed by atoms with E-state index in [4.69, 9.17) is 29.9 Å². The van der Waals surface area contributed by atoms with Crippen molar-refractivity contribution in [3.05, 3.63) is 57.8 Å². The Kier molecular flexibility index (Phi) is 19.6. The Hall–Kier alpha value is -4.88. The molecule has 1 saturated heterocycles. The van der Waals surface area contributed by atoms with Crippen molar-refractivity contribution < 1.29 is 38.4 Å². The Labute approximate surface area is 311 Å². The molecule has 0 saturated carbocycles. The zero-order chi connectivity index (χ0) is 38.3. The monoisotopic (exact) mass is 737 g/mol. The number of hydrogen-bond acceptors (Lipinski definition) is 10. The summed E-state index contributed by atoms with van der Waals surface area (Å²) in [5.41, 5.74) is 4.17. The summed E-state index contributed by atoms with van der Waals surface area (Å²) in [6, 6.07) is 14.5. The molecule has 1 aliphatic rings. The summed E-state index contributed by atoms with van der Waals surface area (Å²) in [7, 11) is 1.70. The number of nitrogens with one attached hydrogen (secondary N) is 1. The minimum absolute atomic E-state index is 0.114. The number of amides is 3. The molecule has 3 amide bonds. The van der Waals surface area contributed by atoms with E-state index in [1.54, 1.807) is 7.11 Å².